The van der Waals surface area contributed by atoms with Gasteiger partial charge in [-0.1, -0.05) is 11.6 Å². The second kappa shape index (κ2) is 5.25. The fraction of sp³-hybridized carbons (Fsp3) is 0.308. The number of halogens is 1. The second-order valence-corrected chi connectivity index (χ2v) is 5.66. The molecule has 1 fully saturated rings. The van der Waals surface area contributed by atoms with Crippen LogP contribution in [0.4, 0.5) is 16.2 Å². The van der Waals surface area contributed by atoms with Crippen molar-refractivity contribution in [2.75, 3.05) is 17.6 Å². The van der Waals surface area contributed by atoms with Gasteiger partial charge in [0.15, 0.2) is 0 Å². The first-order chi connectivity index (χ1) is 9.70. The number of amides is 4. The molecule has 0 radical (unpaired) electrons. The highest BCUT2D eigenvalue weighted by Crippen LogP contribution is 2.23. The van der Waals surface area contributed by atoms with Gasteiger partial charge in [-0.05, 0) is 32.0 Å². The molecule has 0 bridgehead atoms. The number of nitrogen functional groups attached to an aromatic ring is 1. The number of imide groups is 1. The van der Waals surface area contributed by atoms with Gasteiger partial charge < -0.3 is 16.4 Å². The summed E-state index contributed by atoms with van der Waals surface area (Å²) in [4.78, 5) is 36.4. The Bertz CT molecular complexity index is 630. The Kier molecular flexibility index (Phi) is 3.78. The molecule has 0 unspecified atom stereocenters. The van der Waals surface area contributed by atoms with Gasteiger partial charge in [-0.2, -0.15) is 0 Å². The molecule has 4 amide bonds. The number of nitrogens with two attached hydrogens (primary N) is 1. The molecule has 1 saturated heterocycles. The van der Waals surface area contributed by atoms with Gasteiger partial charge in [-0.25, -0.2) is 4.79 Å². The summed E-state index contributed by atoms with van der Waals surface area (Å²) in [6.07, 6.45) is 0. The predicted octanol–water partition coefficient (Wildman–Crippen LogP) is 1.19. The van der Waals surface area contributed by atoms with Gasteiger partial charge in [0.25, 0.3) is 5.91 Å². The number of urea groups is 1. The van der Waals surface area contributed by atoms with Crippen molar-refractivity contribution in [1.29, 1.82) is 0 Å². The van der Waals surface area contributed by atoms with Crippen molar-refractivity contribution in [3.8, 4) is 0 Å². The van der Waals surface area contributed by atoms with E-state index in [0.717, 1.165) is 4.90 Å². The molecule has 2 rings (SSSR count). The number of hydrogen-bond donors (Lipinski definition) is 3. The Morgan fingerprint density at radius 1 is 1.43 bits per heavy atom. The molecule has 1 aromatic carbocycles. The zero-order valence-electron chi connectivity index (χ0n) is 11.6. The maximum atomic E-state index is 12.0. The summed E-state index contributed by atoms with van der Waals surface area (Å²) in [5, 5.41) is 5.48. The maximum Gasteiger partial charge on any atom is 0.325 e. The Labute approximate surface area is 126 Å². The summed E-state index contributed by atoms with van der Waals surface area (Å²) in [6, 6.07) is 4.02. The zero-order valence-corrected chi connectivity index (χ0v) is 12.3. The van der Waals surface area contributed by atoms with Crippen molar-refractivity contribution >= 4 is 40.8 Å². The van der Waals surface area contributed by atoms with Crippen molar-refractivity contribution in [1.82, 2.24) is 10.2 Å². The standard InChI is InChI=1S/C13H15ClN4O3/c1-13(2)11(20)18(12(21)17-13)6-10(19)16-9-4-3-7(14)5-8(9)15/h3-5H,6,15H2,1-2H3,(H,16,19)(H,17,21). The lowest BCUT2D eigenvalue weighted by Crippen LogP contribution is -2.41. The highest BCUT2D eigenvalue weighted by atomic mass is 35.5. The summed E-state index contributed by atoms with van der Waals surface area (Å²) < 4.78 is 0. The summed E-state index contributed by atoms with van der Waals surface area (Å²) in [5.74, 6) is -0.975. The van der Waals surface area contributed by atoms with E-state index in [4.69, 9.17) is 17.3 Å². The quantitative estimate of drug-likeness (QED) is 0.576. The minimum Gasteiger partial charge on any atom is -0.397 e. The molecule has 0 atom stereocenters. The molecule has 1 aliphatic heterocycles. The number of nitrogens with zero attached hydrogens (tertiary/aromatic N) is 1. The Hall–Kier alpha value is -2.28. The molecule has 1 aliphatic rings. The highest BCUT2D eigenvalue weighted by molar-refractivity contribution is 6.31. The van der Waals surface area contributed by atoms with Crippen molar-refractivity contribution in [2.45, 2.75) is 19.4 Å². The third-order valence-corrected chi connectivity index (χ3v) is 3.27. The van der Waals surface area contributed by atoms with Gasteiger partial charge in [-0.3, -0.25) is 14.5 Å². The lowest BCUT2D eigenvalue weighted by Gasteiger charge is -2.16. The average Bonchev–Trinajstić information content (AvgIpc) is 2.55. The Balaban J connectivity index is 2.06. The van der Waals surface area contributed by atoms with Crippen LogP contribution in [-0.4, -0.2) is 34.8 Å². The van der Waals surface area contributed by atoms with E-state index >= 15 is 0 Å². The smallest absolute Gasteiger partial charge is 0.325 e. The summed E-state index contributed by atoms with van der Waals surface area (Å²) in [5.41, 5.74) is 5.38. The van der Waals surface area contributed by atoms with Crippen LogP contribution < -0.4 is 16.4 Å². The molecule has 7 nitrogen and oxygen atoms in total. The summed E-state index contributed by atoms with van der Waals surface area (Å²) >= 11 is 5.76. The van der Waals surface area contributed by atoms with Crippen LogP contribution in [0.25, 0.3) is 0 Å². The molecule has 0 saturated carbocycles. The van der Waals surface area contributed by atoms with Crippen molar-refractivity contribution < 1.29 is 14.4 Å². The fourth-order valence-electron chi connectivity index (χ4n) is 1.94. The largest absolute Gasteiger partial charge is 0.397 e. The normalized spacial score (nSPS) is 16.8. The minimum atomic E-state index is -1.00. The van der Waals surface area contributed by atoms with Crippen LogP contribution in [0.3, 0.4) is 0 Å². The van der Waals surface area contributed by atoms with E-state index in [1.54, 1.807) is 26.0 Å². The highest BCUT2D eigenvalue weighted by Gasteiger charge is 2.44. The minimum absolute atomic E-state index is 0.299. The van der Waals surface area contributed by atoms with Crippen molar-refractivity contribution in [2.24, 2.45) is 0 Å². The second-order valence-electron chi connectivity index (χ2n) is 5.23. The molecule has 21 heavy (non-hydrogen) atoms. The van der Waals surface area contributed by atoms with E-state index in [2.05, 4.69) is 10.6 Å². The van der Waals surface area contributed by atoms with E-state index < -0.39 is 23.4 Å². The Morgan fingerprint density at radius 3 is 2.62 bits per heavy atom. The number of carbonyl (C=O) groups is 3. The van der Waals surface area contributed by atoms with Crippen LogP contribution in [0.1, 0.15) is 13.8 Å². The number of carbonyl (C=O) groups excluding carboxylic acids is 3. The topological polar surface area (TPSA) is 105 Å². The molecule has 112 valence electrons. The summed E-state index contributed by atoms with van der Waals surface area (Å²) in [7, 11) is 0. The van der Waals surface area contributed by atoms with E-state index in [9.17, 15) is 14.4 Å². The lowest BCUT2D eigenvalue weighted by molar-refractivity contribution is -0.132. The molecule has 0 spiro atoms. The SMILES string of the molecule is CC1(C)NC(=O)N(CC(=O)Nc2ccc(Cl)cc2N)C1=O. The van der Waals surface area contributed by atoms with Gasteiger partial charge in [0.1, 0.15) is 12.1 Å². The van der Waals surface area contributed by atoms with Crippen LogP contribution in [0.15, 0.2) is 18.2 Å². The molecular weight excluding hydrogens is 296 g/mol. The lowest BCUT2D eigenvalue weighted by atomic mass is 10.1. The number of rotatable bonds is 3. The number of hydrogen-bond acceptors (Lipinski definition) is 4. The molecule has 0 aromatic heterocycles. The predicted molar refractivity (Wildman–Crippen MR) is 78.8 cm³/mol. The van der Waals surface area contributed by atoms with E-state index in [-0.39, 0.29) is 6.54 Å². The van der Waals surface area contributed by atoms with Crippen molar-refractivity contribution in [3.05, 3.63) is 23.2 Å². The van der Waals surface area contributed by atoms with E-state index in [0.29, 0.717) is 16.4 Å². The van der Waals surface area contributed by atoms with Gasteiger partial charge in [0.2, 0.25) is 5.91 Å². The Morgan fingerprint density at radius 2 is 2.10 bits per heavy atom. The first-order valence-electron chi connectivity index (χ1n) is 6.20. The van der Waals surface area contributed by atoms with Crippen LogP contribution in [0, 0.1) is 0 Å². The van der Waals surface area contributed by atoms with E-state index in [1.165, 1.54) is 6.07 Å². The number of benzene rings is 1. The number of anilines is 2. The van der Waals surface area contributed by atoms with Gasteiger partial charge in [0.05, 0.1) is 11.4 Å². The molecule has 4 N–H and O–H groups in total. The first-order valence-corrected chi connectivity index (χ1v) is 6.57. The third-order valence-electron chi connectivity index (χ3n) is 3.03. The molecule has 1 heterocycles. The monoisotopic (exact) mass is 310 g/mol. The average molecular weight is 311 g/mol. The molecule has 8 heteroatoms. The van der Waals surface area contributed by atoms with Crippen LogP contribution in [-0.2, 0) is 9.59 Å². The summed E-state index contributed by atoms with van der Waals surface area (Å²) in [6.45, 7) is 2.76. The molecule has 1 aromatic rings. The first kappa shape index (κ1) is 15.1. The zero-order chi connectivity index (χ0) is 15.8. The molecular formula is C13H15ClN4O3. The number of nitrogens with one attached hydrogen (secondary N) is 2. The third kappa shape index (κ3) is 3.08. The van der Waals surface area contributed by atoms with Crippen LogP contribution >= 0.6 is 11.6 Å². The molecule has 0 aliphatic carbocycles. The van der Waals surface area contributed by atoms with E-state index in [1.807, 2.05) is 0 Å². The fourth-order valence-corrected chi connectivity index (χ4v) is 2.12. The van der Waals surface area contributed by atoms with Gasteiger partial charge in [0, 0.05) is 5.02 Å². The van der Waals surface area contributed by atoms with Gasteiger partial charge >= 0.3 is 6.03 Å². The van der Waals surface area contributed by atoms with Crippen LogP contribution in [0.5, 0.6) is 0 Å². The van der Waals surface area contributed by atoms with Gasteiger partial charge in [-0.15, -0.1) is 0 Å². The maximum absolute atomic E-state index is 12.0. The van der Waals surface area contributed by atoms with Crippen molar-refractivity contribution in [3.63, 3.8) is 0 Å². The van der Waals surface area contributed by atoms with Crippen LogP contribution in [0.2, 0.25) is 5.02 Å².